The Morgan fingerprint density at radius 3 is 2.67 bits per heavy atom. The van der Waals surface area contributed by atoms with E-state index in [4.69, 9.17) is 37.4 Å². The Balaban J connectivity index is 1.54. The summed E-state index contributed by atoms with van der Waals surface area (Å²) in [5.41, 5.74) is 1.19. The smallest absolute Gasteiger partial charge is 0.331 e. The number of benzene rings is 2. The van der Waals surface area contributed by atoms with Gasteiger partial charge in [-0.3, -0.25) is 4.79 Å². The fourth-order valence-corrected chi connectivity index (χ4v) is 2.57. The number of hydrogen-bond donors (Lipinski definition) is 1. The molecule has 0 unspecified atom stereocenters. The lowest BCUT2D eigenvalue weighted by Crippen LogP contribution is -2.29. The first-order valence-corrected chi connectivity index (χ1v) is 8.72. The molecule has 8 heteroatoms. The molecule has 6 nitrogen and oxygen atoms in total. The van der Waals surface area contributed by atoms with Crippen LogP contribution in [0, 0.1) is 0 Å². The average molecular weight is 408 g/mol. The Morgan fingerprint density at radius 2 is 1.89 bits per heavy atom. The van der Waals surface area contributed by atoms with Crippen LogP contribution in [0.2, 0.25) is 10.0 Å². The summed E-state index contributed by atoms with van der Waals surface area (Å²) in [6, 6.07) is 9.94. The molecule has 1 N–H and O–H groups in total. The molecule has 2 aromatic rings. The number of nitrogens with one attached hydrogen (secondary N) is 1. The maximum Gasteiger partial charge on any atom is 0.331 e. The van der Waals surface area contributed by atoms with Crippen molar-refractivity contribution in [2.24, 2.45) is 0 Å². The van der Waals surface area contributed by atoms with Crippen molar-refractivity contribution in [1.82, 2.24) is 0 Å². The molecule has 0 spiro atoms. The molecule has 140 valence electrons. The summed E-state index contributed by atoms with van der Waals surface area (Å²) in [5.74, 6) is 0.0292. The van der Waals surface area contributed by atoms with Gasteiger partial charge in [0.1, 0.15) is 0 Å². The largest absolute Gasteiger partial charge is 0.454 e. The van der Waals surface area contributed by atoms with Gasteiger partial charge < -0.3 is 19.5 Å². The molecule has 2 aromatic carbocycles. The molecule has 27 heavy (non-hydrogen) atoms. The van der Waals surface area contributed by atoms with E-state index >= 15 is 0 Å². The van der Waals surface area contributed by atoms with Crippen LogP contribution < -0.4 is 14.8 Å². The van der Waals surface area contributed by atoms with Crippen LogP contribution in [0.3, 0.4) is 0 Å². The van der Waals surface area contributed by atoms with E-state index in [1.165, 1.54) is 19.1 Å². The minimum absolute atomic E-state index is 0.145. The zero-order chi connectivity index (χ0) is 19.4. The molecule has 1 aliphatic rings. The maximum atomic E-state index is 12.2. The lowest BCUT2D eigenvalue weighted by Gasteiger charge is -2.12. The van der Waals surface area contributed by atoms with Gasteiger partial charge in [0.05, 0.1) is 10.0 Å². The fourth-order valence-electron chi connectivity index (χ4n) is 2.27. The lowest BCUT2D eigenvalue weighted by molar-refractivity contribution is -0.148. The molecule has 0 radical (unpaired) electrons. The number of esters is 1. The van der Waals surface area contributed by atoms with Crippen molar-refractivity contribution >= 4 is 46.8 Å². The number of ether oxygens (including phenoxy) is 3. The monoisotopic (exact) mass is 407 g/mol. The van der Waals surface area contributed by atoms with Crippen molar-refractivity contribution < 1.29 is 23.8 Å². The molecule has 1 heterocycles. The van der Waals surface area contributed by atoms with Crippen LogP contribution in [0.5, 0.6) is 11.5 Å². The number of fused-ring (bicyclic) bond motifs is 1. The Hall–Kier alpha value is -2.70. The molecule has 0 bridgehead atoms. The lowest BCUT2D eigenvalue weighted by atomic mass is 10.2. The number of halogens is 2. The summed E-state index contributed by atoms with van der Waals surface area (Å²) in [5, 5.41) is 3.46. The zero-order valence-corrected chi connectivity index (χ0v) is 15.7. The van der Waals surface area contributed by atoms with Crippen molar-refractivity contribution in [1.29, 1.82) is 0 Å². The second-order valence-electron chi connectivity index (χ2n) is 5.64. The predicted molar refractivity (Wildman–Crippen MR) is 102 cm³/mol. The van der Waals surface area contributed by atoms with Gasteiger partial charge in [0, 0.05) is 17.8 Å². The molecular weight excluding hydrogens is 393 g/mol. The van der Waals surface area contributed by atoms with Crippen molar-refractivity contribution in [3.63, 3.8) is 0 Å². The molecule has 0 saturated heterocycles. The molecule has 1 atom stereocenters. The Labute approximate surface area is 165 Å². The van der Waals surface area contributed by atoms with Gasteiger partial charge in [0.2, 0.25) is 6.79 Å². The molecule has 3 rings (SSSR count). The first-order valence-electron chi connectivity index (χ1n) is 7.96. The van der Waals surface area contributed by atoms with Gasteiger partial charge in [-0.25, -0.2) is 4.79 Å². The third-order valence-corrected chi connectivity index (χ3v) is 4.40. The van der Waals surface area contributed by atoms with Crippen molar-refractivity contribution in [2.75, 3.05) is 12.1 Å². The number of anilines is 1. The minimum atomic E-state index is -0.985. The summed E-state index contributed by atoms with van der Waals surface area (Å²) >= 11 is 11.8. The summed E-state index contributed by atoms with van der Waals surface area (Å²) < 4.78 is 15.6. The van der Waals surface area contributed by atoms with Gasteiger partial charge in [-0.05, 0) is 42.8 Å². The van der Waals surface area contributed by atoms with E-state index in [1.54, 1.807) is 36.4 Å². The number of amides is 1. The van der Waals surface area contributed by atoms with E-state index in [1.807, 2.05) is 0 Å². The standard InChI is InChI=1S/C19H15Cl2NO5/c1-11(19(24)22-13-4-6-16-17(9-13)26-10-25-16)27-18(23)7-3-12-2-5-14(20)15(21)8-12/h2-9,11H,10H2,1H3,(H,22,24)/b7-3+/t11-/m0/s1. The molecule has 0 fully saturated rings. The van der Waals surface area contributed by atoms with Crippen LogP contribution in [0.4, 0.5) is 5.69 Å². The van der Waals surface area contributed by atoms with Crippen molar-refractivity contribution in [3.05, 3.63) is 58.1 Å². The zero-order valence-electron chi connectivity index (χ0n) is 14.2. The first kappa shape index (κ1) is 19.1. The summed E-state index contributed by atoms with van der Waals surface area (Å²) in [6.07, 6.45) is 1.75. The van der Waals surface area contributed by atoms with E-state index in [0.717, 1.165) is 0 Å². The summed E-state index contributed by atoms with van der Waals surface area (Å²) in [4.78, 5) is 24.1. The van der Waals surface area contributed by atoms with Gasteiger partial charge in [0.15, 0.2) is 17.6 Å². The number of hydrogen-bond acceptors (Lipinski definition) is 5. The predicted octanol–water partition coefficient (Wildman–Crippen LogP) is 4.31. The van der Waals surface area contributed by atoms with Gasteiger partial charge >= 0.3 is 5.97 Å². The quantitative estimate of drug-likeness (QED) is 0.590. The van der Waals surface area contributed by atoms with Gasteiger partial charge in [-0.2, -0.15) is 0 Å². The second-order valence-corrected chi connectivity index (χ2v) is 6.46. The molecule has 0 aromatic heterocycles. The van der Waals surface area contributed by atoms with Crippen LogP contribution in [0.15, 0.2) is 42.5 Å². The van der Waals surface area contributed by atoms with E-state index in [-0.39, 0.29) is 6.79 Å². The number of carbonyl (C=O) groups is 2. The highest BCUT2D eigenvalue weighted by Crippen LogP contribution is 2.34. The molecule has 1 aliphatic heterocycles. The minimum Gasteiger partial charge on any atom is -0.454 e. The van der Waals surface area contributed by atoms with Gasteiger partial charge in [0.25, 0.3) is 5.91 Å². The molecule has 0 saturated carbocycles. The average Bonchev–Trinajstić information content (AvgIpc) is 3.10. The third-order valence-electron chi connectivity index (χ3n) is 3.66. The molecule has 0 aliphatic carbocycles. The highest BCUT2D eigenvalue weighted by molar-refractivity contribution is 6.42. The van der Waals surface area contributed by atoms with Crippen LogP contribution in [0.1, 0.15) is 12.5 Å². The van der Waals surface area contributed by atoms with Crippen LogP contribution in [-0.2, 0) is 14.3 Å². The van der Waals surface area contributed by atoms with Crippen molar-refractivity contribution in [2.45, 2.75) is 13.0 Å². The maximum absolute atomic E-state index is 12.2. The van der Waals surface area contributed by atoms with Crippen molar-refractivity contribution in [3.8, 4) is 11.5 Å². The van der Waals surface area contributed by atoms with Gasteiger partial charge in [-0.15, -0.1) is 0 Å². The van der Waals surface area contributed by atoms with E-state index in [9.17, 15) is 9.59 Å². The van der Waals surface area contributed by atoms with Crippen LogP contribution in [-0.4, -0.2) is 24.8 Å². The normalized spacial score (nSPS) is 13.4. The van der Waals surface area contributed by atoms with E-state index in [2.05, 4.69) is 5.32 Å². The van der Waals surface area contributed by atoms with Crippen LogP contribution >= 0.6 is 23.2 Å². The Morgan fingerprint density at radius 1 is 1.11 bits per heavy atom. The summed E-state index contributed by atoms with van der Waals surface area (Å²) in [6.45, 7) is 1.62. The number of carbonyl (C=O) groups excluding carboxylic acids is 2. The summed E-state index contributed by atoms with van der Waals surface area (Å²) in [7, 11) is 0. The SMILES string of the molecule is C[C@H](OC(=O)/C=C/c1ccc(Cl)c(Cl)c1)C(=O)Nc1ccc2c(c1)OCO2. The Bertz CT molecular complexity index is 913. The number of rotatable bonds is 5. The van der Waals surface area contributed by atoms with Gasteiger partial charge in [-0.1, -0.05) is 29.3 Å². The second kappa shape index (κ2) is 8.33. The van der Waals surface area contributed by atoms with E-state index < -0.39 is 18.0 Å². The highest BCUT2D eigenvalue weighted by Gasteiger charge is 2.19. The fraction of sp³-hybridized carbons (Fsp3) is 0.158. The first-order chi connectivity index (χ1) is 12.9. The highest BCUT2D eigenvalue weighted by atomic mass is 35.5. The topological polar surface area (TPSA) is 73.9 Å². The van der Waals surface area contributed by atoms with E-state index in [0.29, 0.717) is 32.8 Å². The van der Waals surface area contributed by atoms with Crippen LogP contribution in [0.25, 0.3) is 6.08 Å². The Kier molecular flexibility index (Phi) is 5.88. The molecule has 1 amide bonds. The molecular formula is C19H15Cl2NO5. The third kappa shape index (κ3) is 4.93.